The van der Waals surface area contributed by atoms with Crippen LogP contribution >= 0.6 is 0 Å². The quantitative estimate of drug-likeness (QED) is 0.657. The summed E-state index contributed by atoms with van der Waals surface area (Å²) in [5.41, 5.74) is 0.936. The molecule has 1 aromatic heterocycles. The van der Waals surface area contributed by atoms with Crippen LogP contribution in [0.5, 0.6) is 0 Å². The fourth-order valence-corrected chi connectivity index (χ4v) is 1.39. The molecule has 2 rings (SSSR count). The summed E-state index contributed by atoms with van der Waals surface area (Å²) in [6.45, 7) is 0. The van der Waals surface area contributed by atoms with Gasteiger partial charge in [0.25, 0.3) is 5.56 Å². The van der Waals surface area contributed by atoms with Gasteiger partial charge in [-0.15, -0.1) is 0 Å². The predicted molar refractivity (Wildman–Crippen MR) is 57.9 cm³/mol. The molecular formula is C12H11NO. The van der Waals surface area contributed by atoms with Gasteiger partial charge in [-0.3, -0.25) is 9.36 Å². The Hall–Kier alpha value is -1.83. The normalized spacial score (nSPS) is 15.0. The van der Waals surface area contributed by atoms with E-state index in [0.717, 1.165) is 12.1 Å². The van der Waals surface area contributed by atoms with E-state index in [1.165, 1.54) is 0 Å². The van der Waals surface area contributed by atoms with Crippen molar-refractivity contribution in [2.45, 2.75) is 6.42 Å². The lowest BCUT2D eigenvalue weighted by Gasteiger charge is -2.04. The molecule has 1 aliphatic rings. The molecule has 0 amide bonds. The van der Waals surface area contributed by atoms with Gasteiger partial charge in [0, 0.05) is 18.0 Å². The number of pyridine rings is 1. The van der Waals surface area contributed by atoms with Gasteiger partial charge in [-0.2, -0.15) is 0 Å². The largest absolute Gasteiger partial charge is 0.285 e. The highest BCUT2D eigenvalue weighted by molar-refractivity contribution is 5.58. The number of allylic oxidation sites excluding steroid dienone is 6. The number of rotatable bonds is 1. The third-order valence-electron chi connectivity index (χ3n) is 2.08. The van der Waals surface area contributed by atoms with Crippen molar-refractivity contribution in [2.24, 2.45) is 0 Å². The van der Waals surface area contributed by atoms with E-state index in [4.69, 9.17) is 0 Å². The van der Waals surface area contributed by atoms with Gasteiger partial charge < -0.3 is 0 Å². The Morgan fingerprint density at radius 1 is 1.21 bits per heavy atom. The summed E-state index contributed by atoms with van der Waals surface area (Å²) in [5.74, 6) is 0. The third kappa shape index (κ3) is 1.74. The second-order valence-corrected chi connectivity index (χ2v) is 3.06. The van der Waals surface area contributed by atoms with Gasteiger partial charge in [-0.25, -0.2) is 0 Å². The Kier molecular flexibility index (Phi) is 2.45. The lowest BCUT2D eigenvalue weighted by atomic mass is 10.3. The molecule has 70 valence electrons. The first kappa shape index (κ1) is 8.75. The molecule has 0 saturated heterocycles. The first-order valence-electron chi connectivity index (χ1n) is 4.59. The van der Waals surface area contributed by atoms with Crippen LogP contribution in [0.15, 0.2) is 59.6 Å². The smallest absolute Gasteiger partial charge is 0.255 e. The van der Waals surface area contributed by atoms with Gasteiger partial charge >= 0.3 is 0 Å². The van der Waals surface area contributed by atoms with E-state index in [2.05, 4.69) is 6.08 Å². The van der Waals surface area contributed by atoms with Crippen molar-refractivity contribution < 1.29 is 0 Å². The Morgan fingerprint density at radius 3 is 3.00 bits per heavy atom. The zero-order chi connectivity index (χ0) is 9.80. The van der Waals surface area contributed by atoms with Crippen molar-refractivity contribution in [3.63, 3.8) is 0 Å². The van der Waals surface area contributed by atoms with Crippen LogP contribution in [-0.4, -0.2) is 4.57 Å². The van der Waals surface area contributed by atoms with E-state index < -0.39 is 0 Å². The maximum absolute atomic E-state index is 11.5. The Balaban J connectivity index is 2.46. The van der Waals surface area contributed by atoms with Gasteiger partial charge in [0.2, 0.25) is 0 Å². The number of hydrogen-bond acceptors (Lipinski definition) is 1. The van der Waals surface area contributed by atoms with Crippen LogP contribution in [-0.2, 0) is 0 Å². The maximum Gasteiger partial charge on any atom is 0.255 e. The van der Waals surface area contributed by atoms with E-state index >= 15 is 0 Å². The van der Waals surface area contributed by atoms with Crippen molar-refractivity contribution in [1.82, 2.24) is 4.57 Å². The summed E-state index contributed by atoms with van der Waals surface area (Å²) in [6, 6.07) is 5.17. The third-order valence-corrected chi connectivity index (χ3v) is 2.08. The summed E-state index contributed by atoms with van der Waals surface area (Å²) in [5, 5.41) is 0. The zero-order valence-corrected chi connectivity index (χ0v) is 7.76. The summed E-state index contributed by atoms with van der Waals surface area (Å²) in [7, 11) is 0. The summed E-state index contributed by atoms with van der Waals surface area (Å²) in [4.78, 5) is 11.5. The molecule has 0 N–H and O–H groups in total. The average Bonchev–Trinajstić information content (AvgIpc) is 2.47. The molecule has 0 fully saturated rings. The first-order valence-corrected chi connectivity index (χ1v) is 4.59. The highest BCUT2D eigenvalue weighted by atomic mass is 16.1. The van der Waals surface area contributed by atoms with E-state index in [-0.39, 0.29) is 5.56 Å². The van der Waals surface area contributed by atoms with Gasteiger partial charge in [0.05, 0.1) is 0 Å². The Labute approximate surface area is 82.5 Å². The van der Waals surface area contributed by atoms with Crippen LogP contribution in [0.4, 0.5) is 0 Å². The number of nitrogens with zero attached hydrogens (tertiary/aromatic N) is 1. The summed E-state index contributed by atoms with van der Waals surface area (Å²) in [6.07, 6.45) is 12.6. The number of aromatic nitrogens is 1. The van der Waals surface area contributed by atoms with Crippen LogP contribution in [0.2, 0.25) is 0 Å². The van der Waals surface area contributed by atoms with E-state index in [1.54, 1.807) is 22.9 Å². The summed E-state index contributed by atoms with van der Waals surface area (Å²) >= 11 is 0. The first-order chi connectivity index (χ1) is 6.88. The van der Waals surface area contributed by atoms with Crippen LogP contribution in [0.25, 0.3) is 5.70 Å². The lowest BCUT2D eigenvalue weighted by molar-refractivity contribution is 1.02. The van der Waals surface area contributed by atoms with Crippen LogP contribution in [0.1, 0.15) is 6.42 Å². The predicted octanol–water partition coefficient (Wildman–Crippen LogP) is 2.21. The Bertz CT molecular complexity index is 463. The van der Waals surface area contributed by atoms with Crippen molar-refractivity contribution in [1.29, 1.82) is 0 Å². The molecular weight excluding hydrogens is 174 g/mol. The second kappa shape index (κ2) is 3.92. The van der Waals surface area contributed by atoms with Crippen molar-refractivity contribution in [3.8, 4) is 0 Å². The van der Waals surface area contributed by atoms with E-state index in [9.17, 15) is 4.79 Å². The molecule has 2 heteroatoms. The zero-order valence-electron chi connectivity index (χ0n) is 7.76. The molecule has 0 unspecified atom stereocenters. The fraction of sp³-hybridized carbons (Fsp3) is 0.0833. The highest BCUT2D eigenvalue weighted by Crippen LogP contribution is 2.08. The minimum Gasteiger partial charge on any atom is -0.285 e. The standard InChI is InChI=1S/C12H11NO/c14-12-9-5-6-10-13(12)11-7-3-1-2-4-8-11/h1-3,5-10H,4H2. The highest BCUT2D eigenvalue weighted by Gasteiger charge is 1.98. The molecule has 0 spiro atoms. The lowest BCUT2D eigenvalue weighted by Crippen LogP contribution is -2.15. The average molecular weight is 185 g/mol. The molecule has 1 heterocycles. The monoisotopic (exact) mass is 185 g/mol. The van der Waals surface area contributed by atoms with E-state index in [1.807, 2.05) is 30.4 Å². The summed E-state index contributed by atoms with van der Waals surface area (Å²) < 4.78 is 1.64. The minimum atomic E-state index is 0.00491. The van der Waals surface area contributed by atoms with Gasteiger partial charge in [-0.1, -0.05) is 30.4 Å². The van der Waals surface area contributed by atoms with Gasteiger partial charge in [0.1, 0.15) is 0 Å². The molecule has 0 atom stereocenters. The molecule has 1 aliphatic carbocycles. The molecule has 2 nitrogen and oxygen atoms in total. The fourth-order valence-electron chi connectivity index (χ4n) is 1.39. The van der Waals surface area contributed by atoms with E-state index in [0.29, 0.717) is 0 Å². The van der Waals surface area contributed by atoms with Crippen LogP contribution in [0.3, 0.4) is 0 Å². The van der Waals surface area contributed by atoms with Crippen LogP contribution < -0.4 is 5.56 Å². The minimum absolute atomic E-state index is 0.00491. The van der Waals surface area contributed by atoms with Crippen molar-refractivity contribution in [3.05, 3.63) is 65.1 Å². The molecule has 0 aliphatic heterocycles. The van der Waals surface area contributed by atoms with Crippen LogP contribution in [0, 0.1) is 0 Å². The SMILES string of the molecule is O=c1ccccn1C1=CCC=CC=C1. The molecule has 14 heavy (non-hydrogen) atoms. The van der Waals surface area contributed by atoms with Gasteiger partial charge in [-0.05, 0) is 18.6 Å². The molecule has 1 aromatic rings. The second-order valence-electron chi connectivity index (χ2n) is 3.06. The number of hydrogen-bond donors (Lipinski definition) is 0. The van der Waals surface area contributed by atoms with Crippen molar-refractivity contribution >= 4 is 5.70 Å². The maximum atomic E-state index is 11.5. The molecule has 0 bridgehead atoms. The Morgan fingerprint density at radius 2 is 2.14 bits per heavy atom. The molecule has 0 saturated carbocycles. The van der Waals surface area contributed by atoms with Crippen molar-refractivity contribution in [2.75, 3.05) is 0 Å². The van der Waals surface area contributed by atoms with Gasteiger partial charge in [0.15, 0.2) is 0 Å². The molecule has 0 radical (unpaired) electrons. The molecule has 0 aromatic carbocycles. The topological polar surface area (TPSA) is 22.0 Å².